The average molecular weight is 577 g/mol. The molecule has 4 rings (SSSR count). The maximum Gasteiger partial charge on any atom is 0.361 e. The molecule has 0 aromatic heterocycles. The van der Waals surface area contributed by atoms with E-state index in [2.05, 4.69) is 16.0 Å². The van der Waals surface area contributed by atoms with Crippen LogP contribution in [0.3, 0.4) is 0 Å². The Balaban J connectivity index is 1.76. The molecule has 0 bridgehead atoms. The highest BCUT2D eigenvalue weighted by atomic mass is 31.2. The molecular formula is C31H37N4O5P. The summed E-state index contributed by atoms with van der Waals surface area (Å²) in [6.07, 6.45) is 0.830. The number of hydrogen-bond acceptors (Lipinski definition) is 7. The minimum Gasteiger partial charge on any atom is -0.354 e. The lowest BCUT2D eigenvalue weighted by atomic mass is 10.00. The minimum atomic E-state index is -3.57. The Morgan fingerprint density at radius 3 is 2.27 bits per heavy atom. The van der Waals surface area contributed by atoms with Gasteiger partial charge in [-0.3, -0.25) is 14.2 Å². The van der Waals surface area contributed by atoms with Crippen molar-refractivity contribution >= 4 is 53.0 Å². The molecule has 1 aliphatic rings. The van der Waals surface area contributed by atoms with Gasteiger partial charge in [0.25, 0.3) is 5.91 Å². The van der Waals surface area contributed by atoms with Gasteiger partial charge in [0.15, 0.2) is 0 Å². The molecular weight excluding hydrogens is 539 g/mol. The second-order valence-electron chi connectivity index (χ2n) is 9.43. The number of fused-ring (bicyclic) bond motifs is 1. The van der Waals surface area contributed by atoms with Crippen LogP contribution >= 0.6 is 7.60 Å². The van der Waals surface area contributed by atoms with E-state index in [9.17, 15) is 14.2 Å². The fourth-order valence-electron chi connectivity index (χ4n) is 4.74. The maximum atomic E-state index is 13.5. The van der Waals surface area contributed by atoms with Gasteiger partial charge >= 0.3 is 7.60 Å². The molecule has 1 aliphatic heterocycles. The number of benzene rings is 3. The van der Waals surface area contributed by atoms with Crippen LogP contribution in [0.5, 0.6) is 0 Å². The molecule has 3 aromatic carbocycles. The van der Waals surface area contributed by atoms with Gasteiger partial charge < -0.3 is 29.9 Å². The van der Waals surface area contributed by atoms with Crippen LogP contribution < -0.4 is 26.2 Å². The van der Waals surface area contributed by atoms with Crippen molar-refractivity contribution in [1.82, 2.24) is 5.32 Å². The largest absolute Gasteiger partial charge is 0.361 e. The van der Waals surface area contributed by atoms with Crippen LogP contribution in [0, 0.1) is 0 Å². The molecule has 41 heavy (non-hydrogen) atoms. The van der Waals surface area contributed by atoms with E-state index in [0.29, 0.717) is 34.4 Å². The molecule has 0 atom stereocenters. The van der Waals surface area contributed by atoms with Crippen molar-refractivity contribution in [3.8, 4) is 0 Å². The first-order valence-electron chi connectivity index (χ1n) is 13.8. The van der Waals surface area contributed by atoms with Crippen LogP contribution in [-0.4, -0.2) is 45.2 Å². The third-order valence-electron chi connectivity index (χ3n) is 6.61. The third kappa shape index (κ3) is 6.94. The van der Waals surface area contributed by atoms with E-state index in [4.69, 9.17) is 9.05 Å². The molecule has 9 nitrogen and oxygen atoms in total. The van der Waals surface area contributed by atoms with E-state index in [1.165, 1.54) is 0 Å². The molecule has 0 radical (unpaired) electrons. The highest BCUT2D eigenvalue weighted by Crippen LogP contribution is 2.48. The lowest BCUT2D eigenvalue weighted by Crippen LogP contribution is -2.31. The summed E-state index contributed by atoms with van der Waals surface area (Å²) < 4.78 is 24.7. The van der Waals surface area contributed by atoms with E-state index < -0.39 is 7.60 Å². The van der Waals surface area contributed by atoms with E-state index in [0.717, 1.165) is 29.9 Å². The lowest BCUT2D eigenvalue weighted by molar-refractivity contribution is -0.116. The summed E-state index contributed by atoms with van der Waals surface area (Å²) in [7, 11) is -1.68. The van der Waals surface area contributed by atoms with Crippen molar-refractivity contribution in [2.24, 2.45) is 0 Å². The van der Waals surface area contributed by atoms with E-state index in [1.807, 2.05) is 61.6 Å². The van der Waals surface area contributed by atoms with Gasteiger partial charge in [-0.1, -0.05) is 30.3 Å². The molecule has 0 saturated carbocycles. The topological polar surface area (TPSA) is 109 Å². The van der Waals surface area contributed by atoms with Crippen LogP contribution in [-0.2, 0) is 23.2 Å². The maximum absolute atomic E-state index is 13.5. The summed E-state index contributed by atoms with van der Waals surface area (Å²) in [5, 5.41) is 9.86. The highest BCUT2D eigenvalue weighted by molar-refractivity contribution is 7.62. The van der Waals surface area contributed by atoms with Crippen LogP contribution in [0.1, 0.15) is 38.3 Å². The van der Waals surface area contributed by atoms with Gasteiger partial charge in [0.1, 0.15) is 0 Å². The second-order valence-corrected chi connectivity index (χ2v) is 11.5. The second kappa shape index (κ2) is 13.7. The van der Waals surface area contributed by atoms with Gasteiger partial charge in [-0.2, -0.15) is 0 Å². The number of rotatable bonds is 13. The first-order chi connectivity index (χ1) is 19.8. The van der Waals surface area contributed by atoms with Crippen molar-refractivity contribution < 1.29 is 23.2 Å². The molecule has 2 amide bonds. The zero-order valence-electron chi connectivity index (χ0n) is 23.9. The van der Waals surface area contributed by atoms with Crippen molar-refractivity contribution in [3.05, 3.63) is 83.9 Å². The fourth-order valence-corrected chi connectivity index (χ4v) is 6.33. The summed E-state index contributed by atoms with van der Waals surface area (Å²) in [5.41, 5.74) is 4.55. The molecule has 3 N–H and O–H groups in total. The summed E-state index contributed by atoms with van der Waals surface area (Å²) in [6, 6.07) is 22.2. The van der Waals surface area contributed by atoms with Crippen LogP contribution in [0.25, 0.3) is 11.3 Å². The van der Waals surface area contributed by atoms with Gasteiger partial charge in [0, 0.05) is 36.1 Å². The standard InChI is InChI=1S/C31H37N4O5P/c1-5-39-41(38,40-6-2)26-17-18-28-27(21-26)29(31(37)34-28)30(23-11-8-7-9-12-23)33-24-13-15-25(16-14-24)35(22(3)36)20-10-19-32-4/h7-9,11-18,21,32-33H,5-6,10,19-20H2,1-4H3,(H,34,37)/b30-29-. The number of anilines is 3. The molecule has 0 spiro atoms. The molecule has 3 aromatic rings. The van der Waals surface area contributed by atoms with E-state index in [-0.39, 0.29) is 25.0 Å². The highest BCUT2D eigenvalue weighted by Gasteiger charge is 2.33. The average Bonchev–Trinajstić information content (AvgIpc) is 3.30. The Labute approximate surface area is 241 Å². The Morgan fingerprint density at radius 2 is 1.66 bits per heavy atom. The molecule has 0 unspecified atom stereocenters. The monoisotopic (exact) mass is 576 g/mol. The van der Waals surface area contributed by atoms with Crippen molar-refractivity contribution in [3.63, 3.8) is 0 Å². The third-order valence-corrected chi connectivity index (χ3v) is 8.72. The zero-order chi connectivity index (χ0) is 29.4. The quantitative estimate of drug-likeness (QED) is 0.141. The number of nitrogens with zero attached hydrogens (tertiary/aromatic N) is 1. The van der Waals surface area contributed by atoms with Crippen molar-refractivity contribution in [1.29, 1.82) is 0 Å². The number of hydrogen-bond donors (Lipinski definition) is 3. The predicted molar refractivity (Wildman–Crippen MR) is 165 cm³/mol. The van der Waals surface area contributed by atoms with E-state index >= 15 is 0 Å². The van der Waals surface area contributed by atoms with Crippen LogP contribution in [0.4, 0.5) is 17.1 Å². The number of nitrogens with one attached hydrogen (secondary N) is 3. The summed E-state index contributed by atoms with van der Waals surface area (Å²) in [4.78, 5) is 27.4. The normalized spacial score (nSPS) is 13.9. The van der Waals surface area contributed by atoms with Crippen LogP contribution in [0.2, 0.25) is 0 Å². The smallest absolute Gasteiger partial charge is 0.354 e. The first kappa shape index (κ1) is 30.2. The van der Waals surface area contributed by atoms with Gasteiger partial charge in [0.2, 0.25) is 5.91 Å². The summed E-state index contributed by atoms with van der Waals surface area (Å²) in [6.45, 7) is 6.94. The Bertz CT molecular complexity index is 1450. The molecule has 0 aliphatic carbocycles. The summed E-state index contributed by atoms with van der Waals surface area (Å²) >= 11 is 0. The predicted octanol–water partition coefficient (Wildman–Crippen LogP) is 5.47. The first-order valence-corrected chi connectivity index (χ1v) is 15.3. The number of carbonyl (C=O) groups is 2. The van der Waals surface area contributed by atoms with Gasteiger partial charge in [-0.25, -0.2) is 0 Å². The summed E-state index contributed by atoms with van der Waals surface area (Å²) in [5.74, 6) is -0.310. The number of carbonyl (C=O) groups excluding carboxylic acids is 2. The zero-order valence-corrected chi connectivity index (χ0v) is 24.8. The molecule has 10 heteroatoms. The minimum absolute atomic E-state index is 0.0275. The van der Waals surface area contributed by atoms with Crippen LogP contribution in [0.15, 0.2) is 72.8 Å². The molecule has 1 heterocycles. The van der Waals surface area contributed by atoms with Gasteiger partial charge in [-0.15, -0.1) is 0 Å². The van der Waals surface area contributed by atoms with Gasteiger partial charge in [-0.05, 0) is 81.9 Å². The Kier molecular flexibility index (Phi) is 10.1. The molecule has 216 valence electrons. The number of amides is 2. The molecule has 0 fully saturated rings. The lowest BCUT2D eigenvalue weighted by Gasteiger charge is -2.22. The SMILES string of the molecule is CCOP(=O)(OCC)c1ccc2c(c1)/C(=C(/Nc1ccc(N(CCCNC)C(C)=O)cc1)c1ccccc1)C(=O)N2. The molecule has 0 saturated heterocycles. The van der Waals surface area contributed by atoms with Crippen molar-refractivity contribution in [2.45, 2.75) is 27.2 Å². The van der Waals surface area contributed by atoms with E-state index in [1.54, 1.807) is 43.9 Å². The Morgan fingerprint density at radius 1 is 0.976 bits per heavy atom. The Hall–Kier alpha value is -3.75. The fraction of sp³-hybridized carbons (Fsp3) is 0.290. The van der Waals surface area contributed by atoms with Gasteiger partial charge in [0.05, 0.1) is 29.8 Å². The van der Waals surface area contributed by atoms with Crippen molar-refractivity contribution in [2.75, 3.05) is 48.9 Å².